The zero-order chi connectivity index (χ0) is 18.9. The van der Waals surface area contributed by atoms with Gasteiger partial charge >= 0.3 is 0 Å². The SMILES string of the molecule is C#CC(C)(C)NC(C[N+](=O)[O-])=NCCSCc1ccc(CN(C)C)o1. The molecule has 0 radical (unpaired) electrons. The lowest BCUT2D eigenvalue weighted by Gasteiger charge is -2.20. The molecule has 0 amide bonds. The summed E-state index contributed by atoms with van der Waals surface area (Å²) in [5.41, 5.74) is -0.668. The van der Waals surface area contributed by atoms with Gasteiger partial charge in [-0.25, -0.2) is 0 Å². The molecule has 1 rings (SSSR count). The highest BCUT2D eigenvalue weighted by Crippen LogP contribution is 2.16. The summed E-state index contributed by atoms with van der Waals surface area (Å²) < 4.78 is 5.73. The molecule has 0 spiro atoms. The van der Waals surface area contributed by atoms with Crippen molar-refractivity contribution in [1.82, 2.24) is 10.2 Å². The fourth-order valence-corrected chi connectivity index (χ4v) is 2.68. The molecule has 0 unspecified atom stereocenters. The normalized spacial score (nSPS) is 12.2. The van der Waals surface area contributed by atoms with Gasteiger partial charge in [0, 0.05) is 10.7 Å². The fourth-order valence-electron chi connectivity index (χ4n) is 1.96. The van der Waals surface area contributed by atoms with E-state index in [1.54, 1.807) is 25.6 Å². The first-order chi connectivity index (χ1) is 11.7. The third-order valence-corrected chi connectivity index (χ3v) is 4.03. The number of aliphatic imine (C=N–C) groups is 1. The molecule has 1 aromatic heterocycles. The Morgan fingerprint density at radius 1 is 1.48 bits per heavy atom. The number of hydrogen-bond donors (Lipinski definition) is 1. The topological polar surface area (TPSA) is 83.9 Å². The third kappa shape index (κ3) is 9.17. The molecule has 0 aliphatic heterocycles. The van der Waals surface area contributed by atoms with Crippen molar-refractivity contribution in [2.24, 2.45) is 4.99 Å². The Morgan fingerprint density at radius 2 is 2.16 bits per heavy atom. The van der Waals surface area contributed by atoms with Crippen molar-refractivity contribution in [3.63, 3.8) is 0 Å². The Balaban J connectivity index is 2.43. The molecule has 7 nitrogen and oxygen atoms in total. The minimum Gasteiger partial charge on any atom is -0.464 e. The van der Waals surface area contributed by atoms with Crippen LogP contribution in [0.15, 0.2) is 21.5 Å². The van der Waals surface area contributed by atoms with Gasteiger partial charge in [-0.15, -0.1) is 6.42 Å². The van der Waals surface area contributed by atoms with Gasteiger partial charge in [-0.2, -0.15) is 11.8 Å². The zero-order valence-electron chi connectivity index (χ0n) is 15.2. The number of furan rings is 1. The van der Waals surface area contributed by atoms with Gasteiger partial charge in [0.25, 0.3) is 6.54 Å². The van der Waals surface area contributed by atoms with E-state index in [0.29, 0.717) is 12.4 Å². The average Bonchev–Trinajstić information content (AvgIpc) is 2.92. The Hall–Kier alpha value is -1.98. The summed E-state index contributed by atoms with van der Waals surface area (Å²) in [7, 11) is 3.99. The van der Waals surface area contributed by atoms with Crippen LogP contribution in [0.2, 0.25) is 0 Å². The second kappa shape index (κ2) is 10.1. The van der Waals surface area contributed by atoms with Gasteiger partial charge in [0.15, 0.2) is 5.84 Å². The Bertz CT molecular complexity index is 632. The molecule has 0 aromatic carbocycles. The second-order valence-corrected chi connectivity index (χ2v) is 7.48. The highest BCUT2D eigenvalue weighted by atomic mass is 32.2. The van der Waals surface area contributed by atoms with Gasteiger partial charge < -0.3 is 14.6 Å². The van der Waals surface area contributed by atoms with E-state index in [4.69, 9.17) is 10.8 Å². The molecule has 0 saturated carbocycles. The van der Waals surface area contributed by atoms with Crippen molar-refractivity contribution >= 4 is 17.6 Å². The molecule has 1 N–H and O–H groups in total. The standard InChI is InChI=1S/C17H26N4O3S/c1-6-17(2,3)19-16(12-21(22)23)18-9-10-25-13-15-8-7-14(24-15)11-20(4)5/h1,7-8H,9-13H2,2-5H3,(H,18,19). The van der Waals surface area contributed by atoms with Crippen molar-refractivity contribution in [2.45, 2.75) is 31.7 Å². The maximum Gasteiger partial charge on any atom is 0.259 e. The van der Waals surface area contributed by atoms with Crippen LogP contribution >= 0.6 is 11.8 Å². The molecule has 138 valence electrons. The van der Waals surface area contributed by atoms with Gasteiger partial charge in [-0.3, -0.25) is 15.1 Å². The maximum atomic E-state index is 10.7. The maximum absolute atomic E-state index is 10.7. The van der Waals surface area contributed by atoms with Crippen LogP contribution in [0.25, 0.3) is 0 Å². The third-order valence-electron chi connectivity index (χ3n) is 3.07. The van der Waals surface area contributed by atoms with Crippen molar-refractivity contribution in [2.75, 3.05) is 32.9 Å². The Morgan fingerprint density at radius 3 is 2.76 bits per heavy atom. The molecular weight excluding hydrogens is 340 g/mol. The fraction of sp³-hybridized carbons (Fsp3) is 0.588. The van der Waals surface area contributed by atoms with Crippen LogP contribution in [0, 0.1) is 22.5 Å². The minimum absolute atomic E-state index is 0.305. The molecule has 0 aliphatic rings. The van der Waals surface area contributed by atoms with Crippen LogP contribution in [0.4, 0.5) is 0 Å². The second-order valence-electron chi connectivity index (χ2n) is 6.37. The summed E-state index contributed by atoms with van der Waals surface area (Å²) >= 11 is 1.67. The van der Waals surface area contributed by atoms with E-state index in [1.165, 1.54) is 0 Å². The number of rotatable bonds is 10. The summed E-state index contributed by atoms with van der Waals surface area (Å²) in [6.45, 7) is 4.45. The van der Waals surface area contributed by atoms with Crippen LogP contribution in [-0.2, 0) is 12.3 Å². The quantitative estimate of drug-likeness (QED) is 0.171. The summed E-state index contributed by atoms with van der Waals surface area (Å²) in [4.78, 5) is 16.7. The molecule has 0 atom stereocenters. The van der Waals surface area contributed by atoms with Crippen molar-refractivity contribution in [1.29, 1.82) is 0 Å². The van der Waals surface area contributed by atoms with E-state index in [-0.39, 0.29) is 6.54 Å². The Labute approximate surface area is 153 Å². The summed E-state index contributed by atoms with van der Waals surface area (Å²) in [6, 6.07) is 3.96. The average molecular weight is 366 g/mol. The molecule has 0 fully saturated rings. The van der Waals surface area contributed by atoms with Crippen molar-refractivity contribution in [3.8, 4) is 12.3 Å². The van der Waals surface area contributed by atoms with Gasteiger partial charge in [-0.05, 0) is 40.1 Å². The number of hydrogen-bond acceptors (Lipinski definition) is 6. The van der Waals surface area contributed by atoms with Crippen LogP contribution in [0.5, 0.6) is 0 Å². The number of thioether (sulfide) groups is 1. The first-order valence-electron chi connectivity index (χ1n) is 7.93. The summed E-state index contributed by atoms with van der Waals surface area (Å²) in [6.07, 6.45) is 5.40. The molecule has 8 heteroatoms. The summed E-state index contributed by atoms with van der Waals surface area (Å²) in [5.74, 6) is 6.20. The monoisotopic (exact) mass is 366 g/mol. The number of nitrogens with zero attached hydrogens (tertiary/aromatic N) is 3. The number of amidine groups is 1. The molecule has 0 saturated heterocycles. The van der Waals surface area contributed by atoms with Crippen LogP contribution in [0.1, 0.15) is 25.4 Å². The smallest absolute Gasteiger partial charge is 0.259 e. The van der Waals surface area contributed by atoms with Gasteiger partial charge in [-0.1, -0.05) is 5.92 Å². The highest BCUT2D eigenvalue weighted by Gasteiger charge is 2.18. The molecule has 0 aliphatic carbocycles. The van der Waals surface area contributed by atoms with E-state index in [9.17, 15) is 10.1 Å². The van der Waals surface area contributed by atoms with Crippen LogP contribution < -0.4 is 5.32 Å². The van der Waals surface area contributed by atoms with E-state index in [1.807, 2.05) is 31.1 Å². The number of nitro groups is 1. The molecule has 1 aromatic rings. The van der Waals surface area contributed by atoms with Gasteiger partial charge in [0.05, 0.1) is 24.4 Å². The first-order valence-corrected chi connectivity index (χ1v) is 9.08. The lowest BCUT2D eigenvalue weighted by molar-refractivity contribution is -0.463. The number of terminal acetylenes is 1. The number of nitrogens with one attached hydrogen (secondary N) is 1. The van der Waals surface area contributed by atoms with Crippen LogP contribution in [0.3, 0.4) is 0 Å². The van der Waals surface area contributed by atoms with Crippen molar-refractivity contribution < 1.29 is 9.34 Å². The van der Waals surface area contributed by atoms with Crippen molar-refractivity contribution in [3.05, 3.63) is 33.8 Å². The van der Waals surface area contributed by atoms with E-state index >= 15 is 0 Å². The molecule has 25 heavy (non-hydrogen) atoms. The van der Waals surface area contributed by atoms with E-state index < -0.39 is 10.5 Å². The van der Waals surface area contributed by atoms with Crippen LogP contribution in [-0.4, -0.2) is 54.1 Å². The highest BCUT2D eigenvalue weighted by molar-refractivity contribution is 7.98. The Kier molecular flexibility index (Phi) is 8.52. The molecule has 0 bridgehead atoms. The molecule has 1 heterocycles. The van der Waals surface area contributed by atoms with Gasteiger partial charge in [0.2, 0.25) is 0 Å². The first kappa shape index (κ1) is 21.1. The lowest BCUT2D eigenvalue weighted by atomic mass is 10.1. The minimum atomic E-state index is -0.668. The summed E-state index contributed by atoms with van der Waals surface area (Å²) in [5, 5.41) is 13.7. The zero-order valence-corrected chi connectivity index (χ0v) is 16.1. The van der Waals surface area contributed by atoms with E-state index in [0.717, 1.165) is 29.6 Å². The van der Waals surface area contributed by atoms with Gasteiger partial charge in [0.1, 0.15) is 11.5 Å². The largest absolute Gasteiger partial charge is 0.464 e. The predicted molar refractivity (Wildman–Crippen MR) is 102 cm³/mol. The molecular formula is C17H26N4O3S. The lowest BCUT2D eigenvalue weighted by Crippen LogP contribution is -2.45. The van der Waals surface area contributed by atoms with E-state index in [2.05, 4.69) is 16.2 Å². The predicted octanol–water partition coefficient (Wildman–Crippen LogP) is 2.25.